The average Bonchev–Trinajstić information content (AvgIpc) is 3.96. The maximum absolute atomic E-state index is 6.82. The molecule has 0 atom stereocenters. The summed E-state index contributed by atoms with van der Waals surface area (Å²) in [6, 6.07) is 34.1. The van der Waals surface area contributed by atoms with Gasteiger partial charge in [0.2, 0.25) is 0 Å². The fourth-order valence-electron chi connectivity index (χ4n) is 8.19. The number of fused-ring (bicyclic) bond motifs is 1. The molecule has 9 rings (SSSR count). The monoisotopic (exact) mass is 708 g/mol. The van der Waals surface area contributed by atoms with Crippen molar-refractivity contribution in [3.05, 3.63) is 166 Å². The minimum atomic E-state index is -0.528. The minimum Gasteiger partial charge on any atom is -0.464 e. The van der Waals surface area contributed by atoms with E-state index in [9.17, 15) is 0 Å². The van der Waals surface area contributed by atoms with Gasteiger partial charge in [-0.2, -0.15) is 0 Å². The lowest BCUT2D eigenvalue weighted by Crippen LogP contribution is -2.23. The Kier molecular flexibility index (Phi) is 7.50. The molecule has 0 unspecified atom stereocenters. The lowest BCUT2D eigenvalue weighted by Gasteiger charge is -2.30. The van der Waals surface area contributed by atoms with E-state index in [1.54, 1.807) is 0 Å². The zero-order chi connectivity index (χ0) is 37.9. The maximum Gasteiger partial charge on any atom is 0.117 e. The molecule has 5 heteroatoms. The van der Waals surface area contributed by atoms with Gasteiger partial charge >= 0.3 is 0 Å². The molecule has 53 heavy (non-hydrogen) atoms. The highest BCUT2D eigenvalue weighted by molar-refractivity contribution is 5.91. The molecular formula is C48H52O5. The van der Waals surface area contributed by atoms with Crippen LogP contribution >= 0.6 is 0 Å². The van der Waals surface area contributed by atoms with Crippen molar-refractivity contribution in [3.8, 4) is 0 Å². The van der Waals surface area contributed by atoms with Gasteiger partial charge in [-0.1, -0.05) is 36.4 Å². The Bertz CT molecular complexity index is 2300. The molecule has 5 nitrogen and oxygen atoms in total. The molecule has 12 bridgehead atoms. The summed E-state index contributed by atoms with van der Waals surface area (Å²) in [6.45, 7) is 26.2. The molecule has 2 aromatic carbocycles. The zero-order valence-corrected chi connectivity index (χ0v) is 33.3. The summed E-state index contributed by atoms with van der Waals surface area (Å²) >= 11 is 0. The van der Waals surface area contributed by atoms with Crippen molar-refractivity contribution < 1.29 is 22.1 Å². The Hall–Kier alpha value is -4.90. The summed E-state index contributed by atoms with van der Waals surface area (Å²) in [5.41, 5.74) is -0.536. The van der Waals surface area contributed by atoms with E-state index in [1.807, 2.05) is 0 Å². The van der Waals surface area contributed by atoms with Gasteiger partial charge in [0.25, 0.3) is 0 Å². The van der Waals surface area contributed by atoms with E-state index in [1.165, 1.54) is 21.9 Å². The van der Waals surface area contributed by atoms with Gasteiger partial charge in [-0.3, -0.25) is 0 Å². The van der Waals surface area contributed by atoms with E-state index >= 15 is 0 Å². The molecule has 0 N–H and O–H groups in total. The standard InChI is InChI=1S/C48H52O5/c1-43(2)31-17-18-32(30-16-14-13-15-29(30)31)44(3,4)34-20-22-36(50-34)46(7,8)38-24-26-40(52-38)48(11,12)42-28-27-41(53-42)47(9,10)39-25-23-37(51-39)45(5,6)35-21-19-33(43)49-35/h13-28H,1-12H3. The van der Waals surface area contributed by atoms with Crippen molar-refractivity contribution in [2.75, 3.05) is 0 Å². The van der Waals surface area contributed by atoms with Crippen LogP contribution in [0.4, 0.5) is 0 Å². The van der Waals surface area contributed by atoms with Crippen LogP contribution in [0.2, 0.25) is 0 Å². The van der Waals surface area contributed by atoms with Crippen LogP contribution in [0.15, 0.2) is 119 Å². The summed E-state index contributed by atoms with van der Waals surface area (Å²) in [5.74, 6) is 8.47. The maximum atomic E-state index is 6.82. The molecule has 274 valence electrons. The summed E-state index contributed by atoms with van der Waals surface area (Å²) in [6.07, 6.45) is 0. The Morgan fingerprint density at radius 3 is 0.642 bits per heavy atom. The summed E-state index contributed by atoms with van der Waals surface area (Å²) in [7, 11) is 0. The molecule has 5 aromatic heterocycles. The summed E-state index contributed by atoms with van der Waals surface area (Å²) in [5, 5.41) is 2.39. The second-order valence-electron chi connectivity index (χ2n) is 18.3. The van der Waals surface area contributed by atoms with Crippen molar-refractivity contribution >= 4 is 10.8 Å². The van der Waals surface area contributed by atoms with Crippen LogP contribution < -0.4 is 0 Å². The lowest BCUT2D eigenvalue weighted by atomic mass is 9.74. The number of hydrogen-bond acceptors (Lipinski definition) is 5. The van der Waals surface area contributed by atoms with Crippen LogP contribution in [-0.4, -0.2) is 0 Å². The number of furan rings is 5. The van der Waals surface area contributed by atoms with Crippen molar-refractivity contribution in [3.63, 3.8) is 0 Å². The molecule has 7 heterocycles. The van der Waals surface area contributed by atoms with E-state index in [2.05, 4.69) is 180 Å². The third-order valence-corrected chi connectivity index (χ3v) is 12.5. The number of rotatable bonds is 0. The van der Waals surface area contributed by atoms with Crippen molar-refractivity contribution in [2.45, 2.75) is 116 Å². The molecule has 0 radical (unpaired) electrons. The lowest BCUT2D eigenvalue weighted by molar-refractivity contribution is 0.283. The minimum absolute atomic E-state index is 0.423. The SMILES string of the molecule is CC1(C)c2ccc(o2)C(C)(C)c2ccc(o2)C(C)(C)c2ccc(o2)C(C)(C)c2ccc(c3ccccc23)C(C)(C)c2ccc(o2)C(C)(C)c2ccc1o2. The normalized spacial score (nSPS) is 19.5. The average molecular weight is 709 g/mol. The topological polar surface area (TPSA) is 65.7 Å². The molecule has 7 aromatic rings. The first kappa shape index (κ1) is 35.1. The Morgan fingerprint density at radius 2 is 0.434 bits per heavy atom. The third kappa shape index (κ3) is 5.17. The number of hydrogen-bond donors (Lipinski definition) is 0. The summed E-state index contributed by atoms with van der Waals surface area (Å²) in [4.78, 5) is 0. The van der Waals surface area contributed by atoms with E-state index < -0.39 is 32.5 Å². The fraction of sp³-hybridized carbons (Fsp3) is 0.375. The van der Waals surface area contributed by atoms with E-state index in [4.69, 9.17) is 22.1 Å². The molecule has 0 amide bonds. The zero-order valence-electron chi connectivity index (χ0n) is 33.3. The Labute approximate surface area is 313 Å². The van der Waals surface area contributed by atoms with Gasteiger partial charge in [0.15, 0.2) is 0 Å². The van der Waals surface area contributed by atoms with Crippen molar-refractivity contribution in [1.29, 1.82) is 0 Å². The van der Waals surface area contributed by atoms with Gasteiger partial charge < -0.3 is 22.1 Å². The molecule has 0 spiro atoms. The highest BCUT2D eigenvalue weighted by atomic mass is 16.4. The highest BCUT2D eigenvalue weighted by Gasteiger charge is 2.41. The van der Waals surface area contributed by atoms with Crippen LogP contribution in [0.25, 0.3) is 10.8 Å². The molecule has 2 aliphatic rings. The van der Waals surface area contributed by atoms with Gasteiger partial charge in [-0.15, -0.1) is 0 Å². The second-order valence-corrected chi connectivity index (χ2v) is 18.3. The number of benzene rings is 2. The van der Waals surface area contributed by atoms with Crippen LogP contribution in [-0.2, 0) is 32.5 Å². The van der Waals surface area contributed by atoms with Gasteiger partial charge in [0.05, 0.1) is 21.7 Å². The molecule has 0 fully saturated rings. The van der Waals surface area contributed by atoms with Gasteiger partial charge in [-0.25, -0.2) is 0 Å². The van der Waals surface area contributed by atoms with E-state index in [0.29, 0.717) is 0 Å². The Balaban J connectivity index is 1.32. The van der Waals surface area contributed by atoms with Gasteiger partial charge in [-0.05, 0) is 166 Å². The first-order valence-corrected chi connectivity index (χ1v) is 18.8. The predicted octanol–water partition coefficient (Wildman–Crippen LogP) is 13.1. The quantitative estimate of drug-likeness (QED) is 0.157. The third-order valence-electron chi connectivity index (χ3n) is 12.5. The molecule has 0 saturated carbocycles. The van der Waals surface area contributed by atoms with Gasteiger partial charge in [0, 0.05) is 10.8 Å². The van der Waals surface area contributed by atoms with E-state index in [-0.39, 0.29) is 0 Å². The van der Waals surface area contributed by atoms with Crippen LogP contribution in [0.5, 0.6) is 0 Å². The summed E-state index contributed by atoms with van der Waals surface area (Å²) < 4.78 is 33.7. The molecule has 0 saturated heterocycles. The van der Waals surface area contributed by atoms with Crippen LogP contribution in [0.3, 0.4) is 0 Å². The predicted molar refractivity (Wildman–Crippen MR) is 210 cm³/mol. The Morgan fingerprint density at radius 1 is 0.245 bits per heavy atom. The van der Waals surface area contributed by atoms with E-state index in [0.717, 1.165) is 57.6 Å². The molecular weight excluding hydrogens is 657 g/mol. The molecule has 0 aliphatic carbocycles. The van der Waals surface area contributed by atoms with Gasteiger partial charge in [0.1, 0.15) is 57.6 Å². The molecule has 2 aliphatic heterocycles. The first-order chi connectivity index (χ1) is 24.8. The fourth-order valence-corrected chi connectivity index (χ4v) is 8.19. The largest absolute Gasteiger partial charge is 0.464 e. The van der Waals surface area contributed by atoms with Crippen molar-refractivity contribution in [1.82, 2.24) is 0 Å². The highest BCUT2D eigenvalue weighted by Crippen LogP contribution is 2.47. The second kappa shape index (κ2) is 11.3. The van der Waals surface area contributed by atoms with Crippen molar-refractivity contribution in [2.24, 2.45) is 0 Å². The van der Waals surface area contributed by atoms with Crippen LogP contribution in [0, 0.1) is 0 Å². The smallest absolute Gasteiger partial charge is 0.117 e. The first-order valence-electron chi connectivity index (χ1n) is 18.8. The van der Waals surface area contributed by atoms with Crippen LogP contribution in [0.1, 0.15) is 152 Å².